The fourth-order valence-corrected chi connectivity index (χ4v) is 2.85. The van der Waals surface area contributed by atoms with E-state index in [-0.39, 0.29) is 5.91 Å². The molecule has 0 unspecified atom stereocenters. The molecule has 0 heterocycles. The number of thioether (sulfide) groups is 1. The van der Waals surface area contributed by atoms with Crippen LogP contribution in [0.5, 0.6) is 0 Å². The molecule has 0 radical (unpaired) electrons. The molecule has 0 spiro atoms. The van der Waals surface area contributed by atoms with Gasteiger partial charge >= 0.3 is 0 Å². The predicted octanol–water partition coefficient (Wildman–Crippen LogP) is 4.38. The summed E-state index contributed by atoms with van der Waals surface area (Å²) in [6.07, 6.45) is 0. The first-order valence-electron chi connectivity index (χ1n) is 6.45. The van der Waals surface area contributed by atoms with Gasteiger partial charge in [0.2, 0.25) is 0 Å². The molecule has 0 aromatic heterocycles. The maximum absolute atomic E-state index is 12.3. The first-order chi connectivity index (χ1) is 9.72. The van der Waals surface area contributed by atoms with Gasteiger partial charge in [-0.2, -0.15) is 0 Å². The van der Waals surface area contributed by atoms with Crippen LogP contribution in [0.3, 0.4) is 0 Å². The Kier molecular flexibility index (Phi) is 5.50. The highest BCUT2D eigenvalue weighted by Crippen LogP contribution is 2.22. The molecule has 1 amide bonds. The summed E-state index contributed by atoms with van der Waals surface area (Å²) in [6, 6.07) is 15.2. The lowest BCUT2D eigenvalue weighted by atomic mass is 10.2. The lowest BCUT2D eigenvalue weighted by molar-refractivity contribution is 0.0948. The molecule has 2 aromatic rings. The van der Waals surface area contributed by atoms with Crippen LogP contribution in [0.15, 0.2) is 53.4 Å². The first kappa shape index (κ1) is 14.9. The average Bonchev–Trinajstić information content (AvgIpc) is 2.47. The summed E-state index contributed by atoms with van der Waals surface area (Å²) in [5.74, 6) is 0.871. The van der Waals surface area contributed by atoms with Crippen molar-refractivity contribution in [3.63, 3.8) is 0 Å². The van der Waals surface area contributed by atoms with Crippen molar-refractivity contribution in [1.82, 2.24) is 5.32 Å². The van der Waals surface area contributed by atoms with E-state index in [9.17, 15) is 4.79 Å². The second-order valence-electron chi connectivity index (χ2n) is 4.20. The SMILES string of the molecule is CCSc1ccccc1C(=O)NCc1ccccc1Cl. The molecule has 0 atom stereocenters. The van der Waals surface area contributed by atoms with Crippen molar-refractivity contribution >= 4 is 29.3 Å². The lowest BCUT2D eigenvalue weighted by Crippen LogP contribution is -2.23. The minimum Gasteiger partial charge on any atom is -0.348 e. The zero-order chi connectivity index (χ0) is 14.4. The molecule has 0 saturated carbocycles. The summed E-state index contributed by atoms with van der Waals surface area (Å²) in [7, 11) is 0. The number of amides is 1. The van der Waals surface area contributed by atoms with Gasteiger partial charge in [-0.3, -0.25) is 4.79 Å². The van der Waals surface area contributed by atoms with E-state index in [4.69, 9.17) is 11.6 Å². The van der Waals surface area contributed by atoms with E-state index in [1.807, 2.05) is 48.5 Å². The van der Waals surface area contributed by atoms with Crippen LogP contribution < -0.4 is 5.32 Å². The number of hydrogen-bond acceptors (Lipinski definition) is 2. The quantitative estimate of drug-likeness (QED) is 0.830. The van der Waals surface area contributed by atoms with Gasteiger partial charge in [0.25, 0.3) is 5.91 Å². The van der Waals surface area contributed by atoms with Gasteiger partial charge in [0.15, 0.2) is 0 Å². The topological polar surface area (TPSA) is 29.1 Å². The fraction of sp³-hybridized carbons (Fsp3) is 0.188. The van der Waals surface area contributed by atoms with Gasteiger partial charge in [-0.05, 0) is 29.5 Å². The molecule has 1 N–H and O–H groups in total. The first-order valence-corrected chi connectivity index (χ1v) is 7.82. The predicted molar refractivity (Wildman–Crippen MR) is 85.5 cm³/mol. The molecule has 2 aromatic carbocycles. The van der Waals surface area contributed by atoms with Crippen LogP contribution in [0.4, 0.5) is 0 Å². The number of halogens is 1. The zero-order valence-electron chi connectivity index (χ0n) is 11.2. The summed E-state index contributed by atoms with van der Waals surface area (Å²) in [5, 5.41) is 3.59. The minimum atomic E-state index is -0.0681. The number of carbonyl (C=O) groups excluding carboxylic acids is 1. The Labute approximate surface area is 128 Å². The van der Waals surface area contributed by atoms with E-state index in [0.717, 1.165) is 16.2 Å². The molecule has 0 bridgehead atoms. The summed E-state index contributed by atoms with van der Waals surface area (Å²) < 4.78 is 0. The molecule has 0 fully saturated rings. The van der Waals surface area contributed by atoms with Gasteiger partial charge in [-0.25, -0.2) is 0 Å². The molecular weight excluding hydrogens is 290 g/mol. The van der Waals surface area contributed by atoms with Crippen LogP contribution >= 0.6 is 23.4 Å². The molecule has 4 heteroatoms. The highest BCUT2D eigenvalue weighted by Gasteiger charge is 2.10. The Bertz CT molecular complexity index is 601. The molecule has 0 saturated heterocycles. The van der Waals surface area contributed by atoms with Crippen LogP contribution in [0.1, 0.15) is 22.8 Å². The monoisotopic (exact) mass is 305 g/mol. The van der Waals surface area contributed by atoms with Crippen molar-refractivity contribution in [2.24, 2.45) is 0 Å². The normalized spacial score (nSPS) is 10.3. The van der Waals surface area contributed by atoms with Crippen LogP contribution in [0, 0.1) is 0 Å². The van der Waals surface area contributed by atoms with Crippen molar-refractivity contribution in [1.29, 1.82) is 0 Å². The molecule has 0 aliphatic carbocycles. The Morgan fingerprint density at radius 3 is 2.60 bits per heavy atom. The van der Waals surface area contributed by atoms with E-state index in [1.54, 1.807) is 11.8 Å². The maximum Gasteiger partial charge on any atom is 0.252 e. The van der Waals surface area contributed by atoms with Gasteiger partial charge in [0, 0.05) is 16.5 Å². The third kappa shape index (κ3) is 3.78. The van der Waals surface area contributed by atoms with E-state index in [0.29, 0.717) is 17.1 Å². The number of rotatable bonds is 5. The summed E-state index contributed by atoms with van der Waals surface area (Å²) in [6.45, 7) is 2.51. The van der Waals surface area contributed by atoms with Gasteiger partial charge in [-0.15, -0.1) is 11.8 Å². The van der Waals surface area contributed by atoms with E-state index in [1.165, 1.54) is 0 Å². The summed E-state index contributed by atoms with van der Waals surface area (Å²) in [4.78, 5) is 13.3. The molecule has 0 aliphatic rings. The van der Waals surface area contributed by atoms with Crippen molar-refractivity contribution < 1.29 is 4.79 Å². The molecular formula is C16H16ClNOS. The lowest BCUT2D eigenvalue weighted by Gasteiger charge is -2.10. The smallest absolute Gasteiger partial charge is 0.252 e. The Hall–Kier alpha value is -1.45. The number of nitrogens with one attached hydrogen (secondary N) is 1. The largest absolute Gasteiger partial charge is 0.348 e. The fourth-order valence-electron chi connectivity index (χ4n) is 1.85. The summed E-state index contributed by atoms with van der Waals surface area (Å²) >= 11 is 7.75. The van der Waals surface area contributed by atoms with E-state index < -0.39 is 0 Å². The van der Waals surface area contributed by atoms with Crippen molar-refractivity contribution in [2.45, 2.75) is 18.4 Å². The minimum absolute atomic E-state index is 0.0681. The summed E-state index contributed by atoms with van der Waals surface area (Å²) in [5.41, 5.74) is 1.63. The Morgan fingerprint density at radius 2 is 1.85 bits per heavy atom. The van der Waals surface area contributed by atoms with Crippen molar-refractivity contribution in [2.75, 3.05) is 5.75 Å². The van der Waals surface area contributed by atoms with Gasteiger partial charge in [0.05, 0.1) is 5.56 Å². The second-order valence-corrected chi connectivity index (χ2v) is 5.92. The van der Waals surface area contributed by atoms with Crippen LogP contribution in [-0.4, -0.2) is 11.7 Å². The second kappa shape index (κ2) is 7.36. The number of hydrogen-bond donors (Lipinski definition) is 1. The standard InChI is InChI=1S/C16H16ClNOS/c1-2-20-15-10-6-4-8-13(15)16(19)18-11-12-7-3-5-9-14(12)17/h3-10H,2,11H2,1H3,(H,18,19). The number of carbonyl (C=O) groups is 1. The third-order valence-corrected chi connectivity index (χ3v) is 4.15. The number of benzene rings is 2. The van der Waals surface area contributed by atoms with Crippen LogP contribution in [0.25, 0.3) is 0 Å². The van der Waals surface area contributed by atoms with Crippen LogP contribution in [0.2, 0.25) is 5.02 Å². The zero-order valence-corrected chi connectivity index (χ0v) is 12.8. The maximum atomic E-state index is 12.3. The average molecular weight is 306 g/mol. The Morgan fingerprint density at radius 1 is 1.15 bits per heavy atom. The highest BCUT2D eigenvalue weighted by molar-refractivity contribution is 7.99. The van der Waals surface area contributed by atoms with Crippen molar-refractivity contribution in [3.8, 4) is 0 Å². The van der Waals surface area contributed by atoms with Crippen molar-refractivity contribution in [3.05, 3.63) is 64.7 Å². The van der Waals surface area contributed by atoms with E-state index in [2.05, 4.69) is 12.2 Å². The third-order valence-electron chi connectivity index (χ3n) is 2.83. The van der Waals surface area contributed by atoms with E-state index >= 15 is 0 Å². The molecule has 104 valence electrons. The van der Waals surface area contributed by atoms with Gasteiger partial charge < -0.3 is 5.32 Å². The highest BCUT2D eigenvalue weighted by atomic mass is 35.5. The Balaban J connectivity index is 2.07. The van der Waals surface area contributed by atoms with Gasteiger partial charge in [0.1, 0.15) is 0 Å². The molecule has 20 heavy (non-hydrogen) atoms. The van der Waals surface area contributed by atoms with Gasteiger partial charge in [-0.1, -0.05) is 48.9 Å². The van der Waals surface area contributed by atoms with Crippen LogP contribution in [-0.2, 0) is 6.54 Å². The molecule has 2 nitrogen and oxygen atoms in total. The molecule has 0 aliphatic heterocycles. The molecule has 2 rings (SSSR count).